The molecule has 0 bridgehead atoms. The van der Waals surface area contributed by atoms with Crippen LogP contribution in [-0.4, -0.2) is 55.1 Å². The van der Waals surface area contributed by atoms with Gasteiger partial charge in [-0.1, -0.05) is 18.2 Å². The van der Waals surface area contributed by atoms with Crippen LogP contribution in [-0.2, 0) is 9.47 Å². The Morgan fingerprint density at radius 2 is 1.93 bits per heavy atom. The Morgan fingerprint density at radius 1 is 1.17 bits per heavy atom. The highest BCUT2D eigenvalue weighted by atomic mass is 19.1. The minimum atomic E-state index is -0.714. The van der Waals surface area contributed by atoms with E-state index >= 15 is 0 Å². The van der Waals surface area contributed by atoms with Gasteiger partial charge in [-0.3, -0.25) is 0 Å². The van der Waals surface area contributed by atoms with Crippen LogP contribution in [0, 0.1) is 5.82 Å². The van der Waals surface area contributed by atoms with E-state index in [1.54, 1.807) is 13.2 Å². The van der Waals surface area contributed by atoms with Crippen LogP contribution >= 0.6 is 0 Å². The highest BCUT2D eigenvalue weighted by molar-refractivity contribution is 5.70. The fraction of sp³-hybridized carbons (Fsp3) is 0.500. The number of likely N-dealkylation sites (tertiary alicyclic amines) is 1. The highest BCUT2D eigenvalue weighted by Crippen LogP contribution is 2.51. The maximum Gasteiger partial charge on any atom is 0.123 e. The average molecular weight is 413 g/mol. The molecule has 3 heterocycles. The van der Waals surface area contributed by atoms with Crippen LogP contribution in [0.5, 0.6) is 0 Å². The van der Waals surface area contributed by atoms with E-state index < -0.39 is 5.60 Å². The van der Waals surface area contributed by atoms with Gasteiger partial charge in [-0.15, -0.1) is 0 Å². The number of hydrogen-bond donors (Lipinski definition) is 2. The number of fused-ring (bicyclic) bond motifs is 5. The van der Waals surface area contributed by atoms with Crippen LogP contribution in [0.1, 0.15) is 42.4 Å². The number of halogens is 1. The summed E-state index contributed by atoms with van der Waals surface area (Å²) >= 11 is 0. The molecule has 2 aromatic rings. The van der Waals surface area contributed by atoms with Gasteiger partial charge in [0, 0.05) is 49.6 Å². The van der Waals surface area contributed by atoms with Crippen molar-refractivity contribution in [1.29, 1.82) is 0 Å². The van der Waals surface area contributed by atoms with E-state index in [9.17, 15) is 9.50 Å². The van der Waals surface area contributed by atoms with Crippen molar-refractivity contribution < 1.29 is 19.0 Å². The number of ether oxygens (including phenoxy) is 2. The lowest BCUT2D eigenvalue weighted by Crippen LogP contribution is -2.48. The van der Waals surface area contributed by atoms with E-state index in [1.807, 2.05) is 12.1 Å². The van der Waals surface area contributed by atoms with Gasteiger partial charge in [-0.2, -0.15) is 0 Å². The molecule has 3 atom stereocenters. The second-order valence-corrected chi connectivity index (χ2v) is 8.92. The molecule has 0 radical (unpaired) electrons. The molecule has 2 saturated heterocycles. The molecule has 3 aliphatic heterocycles. The molecule has 0 aliphatic carbocycles. The highest BCUT2D eigenvalue weighted by Gasteiger charge is 2.42. The van der Waals surface area contributed by atoms with Gasteiger partial charge in [0.25, 0.3) is 0 Å². The maximum absolute atomic E-state index is 14.1. The zero-order valence-corrected chi connectivity index (χ0v) is 17.3. The number of hydrogen-bond acceptors (Lipinski definition) is 5. The summed E-state index contributed by atoms with van der Waals surface area (Å²) in [5.41, 5.74) is 3.40. The summed E-state index contributed by atoms with van der Waals surface area (Å²) < 4.78 is 25.8. The molecule has 5 nitrogen and oxygen atoms in total. The third-order valence-corrected chi connectivity index (χ3v) is 6.83. The molecule has 0 aromatic heterocycles. The Balaban J connectivity index is 1.36. The molecule has 0 amide bonds. The number of anilines is 2. The van der Waals surface area contributed by atoms with Gasteiger partial charge in [-0.25, -0.2) is 4.39 Å². The van der Waals surface area contributed by atoms with E-state index in [1.165, 1.54) is 11.6 Å². The van der Waals surface area contributed by atoms with Gasteiger partial charge in [-0.05, 0) is 49.1 Å². The first kappa shape index (κ1) is 19.9. The SMILES string of the molecule is COCC1(O)CCN(CC2CC3c4ccccc4Nc4ccc(F)cc4C3O2)CC1. The van der Waals surface area contributed by atoms with Gasteiger partial charge in [0.15, 0.2) is 0 Å². The topological polar surface area (TPSA) is 54.0 Å². The van der Waals surface area contributed by atoms with Crippen molar-refractivity contribution in [2.75, 3.05) is 38.7 Å². The molecule has 3 aliphatic rings. The Morgan fingerprint density at radius 3 is 2.73 bits per heavy atom. The summed E-state index contributed by atoms with van der Waals surface area (Å²) in [7, 11) is 1.63. The van der Waals surface area contributed by atoms with E-state index in [0.29, 0.717) is 19.4 Å². The minimum Gasteiger partial charge on any atom is -0.387 e. The first-order valence-corrected chi connectivity index (χ1v) is 10.8. The van der Waals surface area contributed by atoms with Crippen LogP contribution in [0.15, 0.2) is 42.5 Å². The first-order chi connectivity index (χ1) is 14.5. The summed E-state index contributed by atoms with van der Waals surface area (Å²) in [4.78, 5) is 2.37. The smallest absolute Gasteiger partial charge is 0.123 e. The van der Waals surface area contributed by atoms with Gasteiger partial charge >= 0.3 is 0 Å². The Hall–Kier alpha value is -1.99. The minimum absolute atomic E-state index is 0.0795. The number of para-hydroxylation sites is 1. The number of nitrogens with one attached hydrogen (secondary N) is 1. The van der Waals surface area contributed by atoms with Gasteiger partial charge in [0.05, 0.1) is 24.4 Å². The summed E-state index contributed by atoms with van der Waals surface area (Å²) in [6.07, 6.45) is 2.24. The third kappa shape index (κ3) is 3.73. The molecule has 30 heavy (non-hydrogen) atoms. The second kappa shape index (κ2) is 7.93. The molecule has 0 saturated carbocycles. The number of aliphatic hydroxyl groups is 1. The van der Waals surface area contributed by atoms with Crippen molar-refractivity contribution in [2.45, 2.75) is 43.0 Å². The molecule has 6 heteroatoms. The van der Waals surface area contributed by atoms with Crippen molar-refractivity contribution >= 4 is 11.4 Å². The lowest BCUT2D eigenvalue weighted by Gasteiger charge is -2.38. The Bertz CT molecular complexity index is 913. The summed E-state index contributed by atoms with van der Waals surface area (Å²) in [6.45, 7) is 2.88. The quantitative estimate of drug-likeness (QED) is 0.796. The van der Waals surface area contributed by atoms with E-state index in [4.69, 9.17) is 9.47 Å². The normalized spacial score (nSPS) is 27.5. The molecule has 3 unspecified atom stereocenters. The fourth-order valence-corrected chi connectivity index (χ4v) is 5.28. The second-order valence-electron chi connectivity index (χ2n) is 8.92. The Kier molecular flexibility index (Phi) is 5.27. The number of piperidine rings is 1. The molecular weight excluding hydrogens is 383 g/mol. The maximum atomic E-state index is 14.1. The summed E-state index contributed by atoms with van der Waals surface area (Å²) in [5.74, 6) is -0.0438. The Labute approximate surface area is 176 Å². The number of rotatable bonds is 4. The van der Waals surface area contributed by atoms with Gasteiger partial charge in [0.2, 0.25) is 0 Å². The van der Waals surface area contributed by atoms with Crippen LogP contribution in [0.3, 0.4) is 0 Å². The summed E-state index contributed by atoms with van der Waals surface area (Å²) in [6, 6.07) is 13.2. The van der Waals surface area contributed by atoms with Crippen molar-refractivity contribution in [3.8, 4) is 0 Å². The van der Waals surface area contributed by atoms with Crippen LogP contribution < -0.4 is 5.32 Å². The van der Waals surface area contributed by atoms with Crippen molar-refractivity contribution in [3.63, 3.8) is 0 Å². The average Bonchev–Trinajstić information content (AvgIpc) is 3.10. The lowest BCUT2D eigenvalue weighted by atomic mass is 9.87. The van der Waals surface area contributed by atoms with Crippen molar-refractivity contribution in [2.24, 2.45) is 0 Å². The predicted molar refractivity (Wildman–Crippen MR) is 114 cm³/mol. The molecule has 5 rings (SSSR count). The zero-order valence-electron chi connectivity index (χ0n) is 17.3. The molecule has 2 aromatic carbocycles. The summed E-state index contributed by atoms with van der Waals surface area (Å²) in [5, 5.41) is 14.0. The predicted octanol–water partition coefficient (Wildman–Crippen LogP) is 3.97. The third-order valence-electron chi connectivity index (χ3n) is 6.83. The molecule has 0 spiro atoms. The van der Waals surface area contributed by atoms with E-state index in [-0.39, 0.29) is 23.9 Å². The largest absolute Gasteiger partial charge is 0.387 e. The fourth-order valence-electron chi connectivity index (χ4n) is 5.28. The first-order valence-electron chi connectivity index (χ1n) is 10.8. The van der Waals surface area contributed by atoms with Crippen LogP contribution in [0.25, 0.3) is 0 Å². The lowest BCUT2D eigenvalue weighted by molar-refractivity contribution is -0.0775. The molecule has 2 N–H and O–H groups in total. The zero-order chi connectivity index (χ0) is 20.7. The number of methoxy groups -OCH3 is 1. The van der Waals surface area contributed by atoms with Gasteiger partial charge < -0.3 is 24.8 Å². The van der Waals surface area contributed by atoms with Crippen molar-refractivity contribution in [1.82, 2.24) is 4.90 Å². The molecule has 160 valence electrons. The van der Waals surface area contributed by atoms with Crippen molar-refractivity contribution in [3.05, 3.63) is 59.4 Å². The van der Waals surface area contributed by atoms with Crippen LogP contribution in [0.4, 0.5) is 15.8 Å². The molecule has 2 fully saturated rings. The van der Waals surface area contributed by atoms with Gasteiger partial charge in [0.1, 0.15) is 5.82 Å². The molecular formula is C24H29FN2O3. The number of nitrogens with zero attached hydrogens (tertiary/aromatic N) is 1. The van der Waals surface area contributed by atoms with Crippen LogP contribution in [0.2, 0.25) is 0 Å². The van der Waals surface area contributed by atoms with E-state index in [2.05, 4.69) is 28.4 Å². The standard InChI is InChI=1S/C24H29FN2O3/c1-29-15-24(28)8-10-27(11-9-24)14-17-13-19-18-4-2-3-5-21(18)26-22-7-6-16(25)12-20(22)23(19)30-17/h2-7,12,17,19,23,26,28H,8-11,13-15H2,1H3. The number of benzene rings is 2. The van der Waals surface area contributed by atoms with E-state index in [0.717, 1.165) is 43.0 Å². The monoisotopic (exact) mass is 412 g/mol.